The van der Waals surface area contributed by atoms with Crippen LogP contribution in [0.4, 0.5) is 0 Å². The maximum Gasteiger partial charge on any atom is 0.338 e. The van der Waals surface area contributed by atoms with Gasteiger partial charge < -0.3 is 4.74 Å². The standard InChI is InChI=1S/C18H17NO2/c1-12-4-3-5-13(8-12)9-14-10-16-15(18(20)21-2)6-7-19-17(16)11-14/h3-8,11H,9-10H2,1-2H3. The highest BCUT2D eigenvalue weighted by atomic mass is 16.5. The smallest absolute Gasteiger partial charge is 0.338 e. The molecule has 0 saturated heterocycles. The van der Waals surface area contributed by atoms with Crippen LogP contribution < -0.4 is 0 Å². The number of allylic oxidation sites excluding steroid dienone is 1. The second-order valence-corrected chi connectivity index (χ2v) is 5.36. The third kappa shape index (κ3) is 2.72. The highest BCUT2D eigenvalue weighted by molar-refractivity contribution is 5.92. The number of carbonyl (C=O) groups is 1. The van der Waals surface area contributed by atoms with Crippen molar-refractivity contribution < 1.29 is 9.53 Å². The normalized spacial score (nSPS) is 12.8. The lowest BCUT2D eigenvalue weighted by molar-refractivity contribution is 0.0599. The first-order chi connectivity index (χ1) is 10.2. The van der Waals surface area contributed by atoms with Gasteiger partial charge in [-0.25, -0.2) is 4.79 Å². The van der Waals surface area contributed by atoms with E-state index in [-0.39, 0.29) is 5.97 Å². The van der Waals surface area contributed by atoms with Crippen LogP contribution in [0.2, 0.25) is 0 Å². The molecule has 0 atom stereocenters. The molecule has 106 valence electrons. The Morgan fingerprint density at radius 2 is 2.19 bits per heavy atom. The van der Waals surface area contributed by atoms with Crippen molar-refractivity contribution in [1.82, 2.24) is 4.98 Å². The van der Waals surface area contributed by atoms with Crippen LogP contribution >= 0.6 is 0 Å². The van der Waals surface area contributed by atoms with Crippen molar-refractivity contribution in [1.29, 1.82) is 0 Å². The van der Waals surface area contributed by atoms with Gasteiger partial charge in [0.05, 0.1) is 18.4 Å². The van der Waals surface area contributed by atoms with E-state index < -0.39 is 0 Å². The molecule has 3 nitrogen and oxygen atoms in total. The number of hydrogen-bond donors (Lipinski definition) is 0. The molecule has 1 aromatic heterocycles. The third-order valence-corrected chi connectivity index (χ3v) is 3.75. The van der Waals surface area contributed by atoms with Crippen molar-refractivity contribution >= 4 is 12.0 Å². The summed E-state index contributed by atoms with van der Waals surface area (Å²) < 4.78 is 4.84. The summed E-state index contributed by atoms with van der Waals surface area (Å²) in [7, 11) is 1.41. The van der Waals surface area contributed by atoms with Crippen molar-refractivity contribution in [2.75, 3.05) is 7.11 Å². The lowest BCUT2D eigenvalue weighted by Crippen LogP contribution is -2.06. The maximum absolute atomic E-state index is 11.8. The van der Waals surface area contributed by atoms with Gasteiger partial charge in [0, 0.05) is 6.20 Å². The molecule has 0 saturated carbocycles. The van der Waals surface area contributed by atoms with Crippen molar-refractivity contribution in [3.05, 3.63) is 70.0 Å². The number of fused-ring (bicyclic) bond motifs is 1. The van der Waals surface area contributed by atoms with Crippen LogP contribution in [-0.4, -0.2) is 18.1 Å². The monoisotopic (exact) mass is 279 g/mol. The number of hydrogen-bond acceptors (Lipinski definition) is 3. The van der Waals surface area contributed by atoms with Gasteiger partial charge in [0.2, 0.25) is 0 Å². The number of esters is 1. The Morgan fingerprint density at radius 3 is 2.95 bits per heavy atom. The van der Waals surface area contributed by atoms with E-state index in [2.05, 4.69) is 42.2 Å². The first-order valence-corrected chi connectivity index (χ1v) is 6.98. The van der Waals surface area contributed by atoms with Crippen LogP contribution in [0.1, 0.15) is 32.7 Å². The van der Waals surface area contributed by atoms with Crippen LogP contribution in [0.25, 0.3) is 6.08 Å². The summed E-state index contributed by atoms with van der Waals surface area (Å²) in [5, 5.41) is 0. The molecule has 0 bridgehead atoms. The fourth-order valence-corrected chi connectivity index (χ4v) is 2.79. The highest BCUT2D eigenvalue weighted by Gasteiger charge is 2.21. The summed E-state index contributed by atoms with van der Waals surface area (Å²) in [6.45, 7) is 2.10. The Hall–Kier alpha value is -2.42. The SMILES string of the molecule is COC(=O)c1ccnc2c1CC(Cc1cccc(C)c1)=C2. The first kappa shape index (κ1) is 13.6. The van der Waals surface area contributed by atoms with Gasteiger partial charge in [-0.05, 0) is 43.0 Å². The van der Waals surface area contributed by atoms with Crippen molar-refractivity contribution in [2.45, 2.75) is 19.8 Å². The van der Waals surface area contributed by atoms with Crippen LogP contribution in [0.5, 0.6) is 0 Å². The second-order valence-electron chi connectivity index (χ2n) is 5.36. The molecular weight excluding hydrogens is 262 g/mol. The second kappa shape index (κ2) is 5.52. The maximum atomic E-state index is 11.8. The zero-order valence-electron chi connectivity index (χ0n) is 12.2. The molecule has 2 aromatic rings. The van der Waals surface area contributed by atoms with Gasteiger partial charge in [-0.1, -0.05) is 35.4 Å². The average molecular weight is 279 g/mol. The van der Waals surface area contributed by atoms with Crippen molar-refractivity contribution in [3.63, 3.8) is 0 Å². The fraction of sp³-hybridized carbons (Fsp3) is 0.222. The number of aromatic nitrogens is 1. The molecule has 1 aromatic carbocycles. The number of carbonyl (C=O) groups excluding carboxylic acids is 1. The highest BCUT2D eigenvalue weighted by Crippen LogP contribution is 2.28. The molecule has 0 aliphatic heterocycles. The molecule has 3 heteroatoms. The van der Waals surface area contributed by atoms with E-state index in [9.17, 15) is 4.79 Å². The van der Waals surface area contributed by atoms with Gasteiger partial charge in [-0.2, -0.15) is 0 Å². The quantitative estimate of drug-likeness (QED) is 0.809. The van der Waals surface area contributed by atoms with E-state index in [0.717, 1.165) is 24.1 Å². The number of nitrogens with zero attached hydrogens (tertiary/aromatic N) is 1. The number of pyridine rings is 1. The zero-order chi connectivity index (χ0) is 14.8. The van der Waals surface area contributed by atoms with E-state index >= 15 is 0 Å². The third-order valence-electron chi connectivity index (χ3n) is 3.75. The van der Waals surface area contributed by atoms with E-state index in [1.54, 1.807) is 12.3 Å². The van der Waals surface area contributed by atoms with E-state index in [0.29, 0.717) is 5.56 Å². The summed E-state index contributed by atoms with van der Waals surface area (Å²) in [5.41, 5.74) is 6.32. The van der Waals surface area contributed by atoms with E-state index in [4.69, 9.17) is 4.74 Å². The average Bonchev–Trinajstić information content (AvgIpc) is 2.88. The Labute approximate surface area is 124 Å². The lowest BCUT2D eigenvalue weighted by Gasteiger charge is -2.06. The minimum Gasteiger partial charge on any atom is -0.465 e. The minimum absolute atomic E-state index is 0.293. The van der Waals surface area contributed by atoms with Gasteiger partial charge in [0.25, 0.3) is 0 Å². The van der Waals surface area contributed by atoms with E-state index in [1.807, 2.05) is 0 Å². The molecule has 1 aliphatic rings. The van der Waals surface area contributed by atoms with Gasteiger partial charge in [0.15, 0.2) is 0 Å². The van der Waals surface area contributed by atoms with Gasteiger partial charge >= 0.3 is 5.97 Å². The van der Waals surface area contributed by atoms with Crippen LogP contribution in [0.3, 0.4) is 0 Å². The molecular formula is C18H17NO2. The summed E-state index contributed by atoms with van der Waals surface area (Å²) in [6.07, 6.45) is 5.40. The number of rotatable bonds is 3. The van der Waals surface area contributed by atoms with Gasteiger partial charge in [-0.15, -0.1) is 0 Å². The van der Waals surface area contributed by atoms with Crippen LogP contribution in [-0.2, 0) is 17.6 Å². The molecule has 0 amide bonds. The molecule has 21 heavy (non-hydrogen) atoms. The van der Waals surface area contributed by atoms with Crippen molar-refractivity contribution in [3.8, 4) is 0 Å². The van der Waals surface area contributed by atoms with Crippen molar-refractivity contribution in [2.24, 2.45) is 0 Å². The van der Waals surface area contributed by atoms with E-state index in [1.165, 1.54) is 23.8 Å². The number of aryl methyl sites for hydroxylation is 1. The predicted molar refractivity (Wildman–Crippen MR) is 82.1 cm³/mol. The topological polar surface area (TPSA) is 39.2 Å². The molecule has 3 rings (SSSR count). The molecule has 0 fully saturated rings. The minimum atomic E-state index is -0.293. The molecule has 1 heterocycles. The fourth-order valence-electron chi connectivity index (χ4n) is 2.79. The number of methoxy groups -OCH3 is 1. The molecule has 0 unspecified atom stereocenters. The number of benzene rings is 1. The predicted octanol–water partition coefficient (Wildman–Crippen LogP) is 3.36. The lowest BCUT2D eigenvalue weighted by atomic mass is 10.0. The van der Waals surface area contributed by atoms with Crippen LogP contribution in [0, 0.1) is 6.92 Å². The van der Waals surface area contributed by atoms with Gasteiger partial charge in [0.1, 0.15) is 0 Å². The summed E-state index contributed by atoms with van der Waals surface area (Å²) in [6, 6.07) is 10.2. The Balaban J connectivity index is 1.85. The van der Waals surface area contributed by atoms with Crippen LogP contribution in [0.15, 0.2) is 42.1 Å². The first-order valence-electron chi connectivity index (χ1n) is 6.98. The Bertz CT molecular complexity index is 732. The summed E-state index contributed by atoms with van der Waals surface area (Å²) in [4.78, 5) is 16.2. The molecule has 0 spiro atoms. The largest absolute Gasteiger partial charge is 0.465 e. The molecule has 0 radical (unpaired) electrons. The summed E-state index contributed by atoms with van der Waals surface area (Å²) >= 11 is 0. The van der Waals surface area contributed by atoms with Gasteiger partial charge in [-0.3, -0.25) is 4.98 Å². The number of ether oxygens (including phenoxy) is 1. The Kier molecular flexibility index (Phi) is 3.57. The molecule has 1 aliphatic carbocycles. The summed E-state index contributed by atoms with van der Waals surface area (Å²) in [5.74, 6) is -0.293. The molecule has 0 N–H and O–H groups in total. The Morgan fingerprint density at radius 1 is 1.33 bits per heavy atom. The zero-order valence-corrected chi connectivity index (χ0v) is 12.2.